The monoisotopic (exact) mass is 243 g/mol. The van der Waals surface area contributed by atoms with Crippen LogP contribution in [0.3, 0.4) is 0 Å². The van der Waals surface area contributed by atoms with E-state index in [2.05, 4.69) is 15.5 Å². The summed E-state index contributed by atoms with van der Waals surface area (Å²) in [6.45, 7) is 4.04. The van der Waals surface area contributed by atoms with Crippen LogP contribution in [-0.4, -0.2) is 27.3 Å². The predicted octanol–water partition coefficient (Wildman–Crippen LogP) is 2.43. The second-order valence-corrected chi connectivity index (χ2v) is 3.78. The molecule has 1 aromatic heterocycles. The molecule has 88 valence electrons. The topological polar surface area (TPSA) is 75.1 Å². The summed E-state index contributed by atoms with van der Waals surface area (Å²) >= 11 is 5.60. The maximum atomic E-state index is 11.0. The van der Waals surface area contributed by atoms with E-state index in [0.29, 0.717) is 0 Å². The van der Waals surface area contributed by atoms with Crippen LogP contribution < -0.4 is 5.32 Å². The lowest BCUT2D eigenvalue weighted by Crippen LogP contribution is -2.20. The Morgan fingerprint density at radius 1 is 1.50 bits per heavy atom. The van der Waals surface area contributed by atoms with Crippen molar-refractivity contribution in [1.82, 2.24) is 10.2 Å². The normalized spacial score (nSPS) is 10.5. The third kappa shape index (κ3) is 3.06. The predicted molar refractivity (Wildman–Crippen MR) is 62.0 cm³/mol. The van der Waals surface area contributed by atoms with Crippen molar-refractivity contribution in [2.45, 2.75) is 32.7 Å². The van der Waals surface area contributed by atoms with Gasteiger partial charge < -0.3 is 10.4 Å². The average Bonchev–Trinajstić information content (AvgIpc) is 2.27. The molecule has 0 spiro atoms. The summed E-state index contributed by atoms with van der Waals surface area (Å²) < 4.78 is 0. The van der Waals surface area contributed by atoms with Gasteiger partial charge in [0.2, 0.25) is 0 Å². The first kappa shape index (κ1) is 12.7. The molecular formula is C10H14ClN3O2. The Bertz CT molecular complexity index is 380. The van der Waals surface area contributed by atoms with Crippen molar-refractivity contribution in [2.24, 2.45) is 0 Å². The highest BCUT2D eigenvalue weighted by Gasteiger charge is 2.15. The lowest BCUT2D eigenvalue weighted by Gasteiger charge is -2.16. The van der Waals surface area contributed by atoms with E-state index in [1.807, 2.05) is 13.8 Å². The lowest BCUT2D eigenvalue weighted by atomic mass is 10.1. The minimum Gasteiger partial charge on any atom is -0.478 e. The fourth-order valence-electron chi connectivity index (χ4n) is 1.32. The van der Waals surface area contributed by atoms with Crippen LogP contribution >= 0.6 is 11.6 Å². The summed E-state index contributed by atoms with van der Waals surface area (Å²) in [7, 11) is 0. The van der Waals surface area contributed by atoms with Gasteiger partial charge in [0.05, 0.1) is 0 Å². The largest absolute Gasteiger partial charge is 0.478 e. The molecule has 0 saturated heterocycles. The number of anilines is 1. The van der Waals surface area contributed by atoms with E-state index in [4.69, 9.17) is 16.7 Å². The van der Waals surface area contributed by atoms with E-state index in [0.717, 1.165) is 12.8 Å². The van der Waals surface area contributed by atoms with Gasteiger partial charge in [0.1, 0.15) is 5.56 Å². The Morgan fingerprint density at radius 2 is 2.12 bits per heavy atom. The Kier molecular flexibility index (Phi) is 4.49. The highest BCUT2D eigenvalue weighted by Crippen LogP contribution is 2.17. The van der Waals surface area contributed by atoms with E-state index in [-0.39, 0.29) is 22.6 Å². The first-order valence-corrected chi connectivity index (χ1v) is 5.49. The van der Waals surface area contributed by atoms with Crippen LogP contribution in [0, 0.1) is 0 Å². The SMILES string of the molecule is CCC(CC)Nc1nnc(Cl)cc1C(=O)O. The number of halogens is 1. The number of aromatic nitrogens is 2. The van der Waals surface area contributed by atoms with Gasteiger partial charge in [-0.2, -0.15) is 0 Å². The molecule has 16 heavy (non-hydrogen) atoms. The van der Waals surface area contributed by atoms with Crippen molar-refractivity contribution in [3.63, 3.8) is 0 Å². The first-order valence-electron chi connectivity index (χ1n) is 5.11. The third-order valence-electron chi connectivity index (χ3n) is 2.32. The van der Waals surface area contributed by atoms with Crippen LogP contribution in [0.4, 0.5) is 5.82 Å². The Hall–Kier alpha value is -1.36. The maximum Gasteiger partial charge on any atom is 0.339 e. The molecule has 0 aliphatic rings. The zero-order valence-corrected chi connectivity index (χ0v) is 9.95. The number of nitrogens with zero attached hydrogens (tertiary/aromatic N) is 2. The Morgan fingerprint density at radius 3 is 2.62 bits per heavy atom. The summed E-state index contributed by atoms with van der Waals surface area (Å²) in [4.78, 5) is 11.0. The van der Waals surface area contributed by atoms with E-state index < -0.39 is 5.97 Å². The van der Waals surface area contributed by atoms with Gasteiger partial charge in [-0.3, -0.25) is 0 Å². The molecule has 0 radical (unpaired) electrons. The fourth-order valence-corrected chi connectivity index (χ4v) is 1.47. The molecule has 1 aromatic rings. The molecule has 1 rings (SSSR count). The van der Waals surface area contributed by atoms with Gasteiger partial charge in [-0.25, -0.2) is 4.79 Å². The Balaban J connectivity index is 2.98. The van der Waals surface area contributed by atoms with Gasteiger partial charge in [-0.05, 0) is 18.9 Å². The van der Waals surface area contributed by atoms with Crippen LogP contribution in [0.2, 0.25) is 5.15 Å². The standard InChI is InChI=1S/C10H14ClN3O2/c1-3-6(4-2)12-9-7(10(15)16)5-8(11)13-14-9/h5-6H,3-4H2,1-2H3,(H,12,14)(H,15,16). The van der Waals surface area contributed by atoms with Gasteiger partial charge in [0.15, 0.2) is 11.0 Å². The van der Waals surface area contributed by atoms with Gasteiger partial charge in [0.25, 0.3) is 0 Å². The molecule has 0 atom stereocenters. The van der Waals surface area contributed by atoms with Crippen molar-refractivity contribution in [3.05, 3.63) is 16.8 Å². The van der Waals surface area contributed by atoms with Crippen molar-refractivity contribution in [2.75, 3.05) is 5.32 Å². The molecule has 6 heteroatoms. The molecular weight excluding hydrogens is 230 g/mol. The van der Waals surface area contributed by atoms with E-state index >= 15 is 0 Å². The number of carbonyl (C=O) groups is 1. The molecule has 5 nitrogen and oxygen atoms in total. The molecule has 1 heterocycles. The van der Waals surface area contributed by atoms with Gasteiger partial charge in [0, 0.05) is 6.04 Å². The average molecular weight is 244 g/mol. The summed E-state index contributed by atoms with van der Waals surface area (Å²) in [5.41, 5.74) is 0.0481. The zero-order chi connectivity index (χ0) is 12.1. The quantitative estimate of drug-likeness (QED) is 0.831. The smallest absolute Gasteiger partial charge is 0.339 e. The van der Waals surface area contributed by atoms with Crippen LogP contribution in [0.1, 0.15) is 37.0 Å². The van der Waals surface area contributed by atoms with Crippen molar-refractivity contribution < 1.29 is 9.90 Å². The second kappa shape index (κ2) is 5.65. The lowest BCUT2D eigenvalue weighted by molar-refractivity contribution is 0.0697. The third-order valence-corrected chi connectivity index (χ3v) is 2.51. The van der Waals surface area contributed by atoms with E-state index in [1.165, 1.54) is 6.07 Å². The molecule has 2 N–H and O–H groups in total. The molecule has 0 saturated carbocycles. The van der Waals surface area contributed by atoms with Crippen LogP contribution in [-0.2, 0) is 0 Å². The molecule has 0 aliphatic heterocycles. The van der Waals surface area contributed by atoms with Crippen LogP contribution in [0.5, 0.6) is 0 Å². The highest BCUT2D eigenvalue weighted by atomic mass is 35.5. The van der Waals surface area contributed by atoms with Crippen molar-refractivity contribution >= 4 is 23.4 Å². The minimum absolute atomic E-state index is 0.0481. The fraction of sp³-hybridized carbons (Fsp3) is 0.500. The van der Waals surface area contributed by atoms with Gasteiger partial charge in [-0.1, -0.05) is 25.4 Å². The summed E-state index contributed by atoms with van der Waals surface area (Å²) in [5.74, 6) is -0.796. The van der Waals surface area contributed by atoms with Crippen LogP contribution in [0.15, 0.2) is 6.07 Å². The minimum atomic E-state index is -1.06. The molecule has 0 aromatic carbocycles. The van der Waals surface area contributed by atoms with Crippen molar-refractivity contribution in [1.29, 1.82) is 0 Å². The summed E-state index contributed by atoms with van der Waals surface area (Å²) in [5, 5.41) is 19.5. The summed E-state index contributed by atoms with van der Waals surface area (Å²) in [6, 6.07) is 1.48. The number of carboxylic acid groups (broad SMARTS) is 1. The summed E-state index contributed by atoms with van der Waals surface area (Å²) in [6.07, 6.45) is 1.78. The van der Waals surface area contributed by atoms with Crippen molar-refractivity contribution in [3.8, 4) is 0 Å². The van der Waals surface area contributed by atoms with Gasteiger partial charge in [-0.15, -0.1) is 10.2 Å². The zero-order valence-electron chi connectivity index (χ0n) is 9.20. The van der Waals surface area contributed by atoms with E-state index in [1.54, 1.807) is 0 Å². The molecule has 0 aliphatic carbocycles. The second-order valence-electron chi connectivity index (χ2n) is 3.39. The van der Waals surface area contributed by atoms with Crippen LogP contribution in [0.25, 0.3) is 0 Å². The Labute approximate surface area is 98.8 Å². The number of nitrogens with one attached hydrogen (secondary N) is 1. The molecule has 0 unspecified atom stereocenters. The first-order chi connectivity index (χ1) is 7.58. The number of rotatable bonds is 5. The number of hydrogen-bond acceptors (Lipinski definition) is 4. The van der Waals surface area contributed by atoms with E-state index in [9.17, 15) is 4.79 Å². The van der Waals surface area contributed by atoms with Gasteiger partial charge >= 0.3 is 5.97 Å². The maximum absolute atomic E-state index is 11.0. The molecule has 0 amide bonds. The number of carboxylic acids is 1. The number of hydrogen-bond donors (Lipinski definition) is 2. The molecule has 0 fully saturated rings. The highest BCUT2D eigenvalue weighted by molar-refractivity contribution is 6.29. The molecule has 0 bridgehead atoms. The number of aromatic carboxylic acids is 1.